The molecule has 0 radical (unpaired) electrons. The zero-order valence-electron chi connectivity index (χ0n) is 12.1. The first kappa shape index (κ1) is 14.0. The Labute approximate surface area is 123 Å². The Morgan fingerprint density at radius 2 is 2.29 bits per heavy atom. The van der Waals surface area contributed by atoms with E-state index >= 15 is 0 Å². The second kappa shape index (κ2) is 5.13. The molecule has 5 heteroatoms. The van der Waals surface area contributed by atoms with Crippen LogP contribution in [0.25, 0.3) is 0 Å². The summed E-state index contributed by atoms with van der Waals surface area (Å²) in [4.78, 5) is 25.8. The van der Waals surface area contributed by atoms with Crippen molar-refractivity contribution < 1.29 is 14.0 Å². The van der Waals surface area contributed by atoms with E-state index < -0.39 is 0 Å². The Bertz CT molecular complexity index is 589. The van der Waals surface area contributed by atoms with Gasteiger partial charge in [-0.3, -0.25) is 9.59 Å². The van der Waals surface area contributed by atoms with Crippen molar-refractivity contribution in [3.05, 3.63) is 30.1 Å². The number of hydrogen-bond donors (Lipinski definition) is 1. The van der Waals surface area contributed by atoms with Crippen molar-refractivity contribution in [1.29, 1.82) is 0 Å². The van der Waals surface area contributed by atoms with Gasteiger partial charge in [0.05, 0.1) is 0 Å². The minimum absolute atomic E-state index is 0.0394. The van der Waals surface area contributed by atoms with Gasteiger partial charge in [0, 0.05) is 36.5 Å². The summed E-state index contributed by atoms with van der Waals surface area (Å²) in [5, 5.41) is 2.77. The molecule has 1 aromatic carbocycles. The lowest BCUT2D eigenvalue weighted by molar-refractivity contribution is -0.130. The number of amides is 2. The number of anilines is 1. The van der Waals surface area contributed by atoms with E-state index in [0.717, 1.165) is 19.4 Å². The average Bonchev–Trinajstić information content (AvgIpc) is 2.99. The molecule has 2 aliphatic rings. The number of carbonyl (C=O) groups excluding carboxylic acids is 2. The van der Waals surface area contributed by atoms with Gasteiger partial charge in [-0.1, -0.05) is 13.0 Å². The predicted molar refractivity (Wildman–Crippen MR) is 77.1 cm³/mol. The van der Waals surface area contributed by atoms with Gasteiger partial charge in [-0.05, 0) is 31.0 Å². The highest BCUT2D eigenvalue weighted by atomic mass is 19.1. The largest absolute Gasteiger partial charge is 0.342 e. The maximum absolute atomic E-state index is 13.1. The lowest BCUT2D eigenvalue weighted by atomic mass is 10.0. The molecule has 3 rings (SSSR count). The zero-order chi connectivity index (χ0) is 15.0. The van der Waals surface area contributed by atoms with Gasteiger partial charge < -0.3 is 10.2 Å². The molecule has 1 heterocycles. The first-order valence-corrected chi connectivity index (χ1v) is 7.38. The van der Waals surface area contributed by atoms with Crippen LogP contribution in [-0.2, 0) is 9.59 Å². The third-order valence-electron chi connectivity index (χ3n) is 4.64. The molecule has 4 nitrogen and oxygen atoms in total. The van der Waals surface area contributed by atoms with Gasteiger partial charge in [-0.2, -0.15) is 0 Å². The predicted octanol–water partition coefficient (Wildman–Crippen LogP) is 2.41. The summed E-state index contributed by atoms with van der Waals surface area (Å²) in [5.74, 6) is -0.330. The van der Waals surface area contributed by atoms with Crippen LogP contribution in [0.3, 0.4) is 0 Å². The SMILES string of the molecule is CCC(=O)N1CC[C@]2(C[C@H]2C(=O)Nc2cccc(F)c2)C1. The quantitative estimate of drug-likeness (QED) is 0.929. The number of halogens is 1. The fraction of sp³-hybridized carbons (Fsp3) is 0.500. The molecular formula is C16H19FN2O2. The zero-order valence-corrected chi connectivity index (χ0v) is 12.1. The average molecular weight is 290 g/mol. The van der Waals surface area contributed by atoms with Crippen molar-refractivity contribution in [3.8, 4) is 0 Å². The summed E-state index contributed by atoms with van der Waals surface area (Å²) in [5.41, 5.74) is 0.448. The monoisotopic (exact) mass is 290 g/mol. The number of likely N-dealkylation sites (tertiary alicyclic amines) is 1. The molecule has 2 atom stereocenters. The van der Waals surface area contributed by atoms with Crippen molar-refractivity contribution in [2.45, 2.75) is 26.2 Å². The minimum atomic E-state index is -0.362. The van der Waals surface area contributed by atoms with Gasteiger partial charge in [-0.25, -0.2) is 4.39 Å². The summed E-state index contributed by atoms with van der Waals surface area (Å²) in [6.45, 7) is 3.28. The fourth-order valence-corrected chi connectivity index (χ4v) is 3.30. The molecule has 1 aromatic rings. The first-order valence-electron chi connectivity index (χ1n) is 7.38. The Morgan fingerprint density at radius 3 is 3.00 bits per heavy atom. The molecule has 21 heavy (non-hydrogen) atoms. The van der Waals surface area contributed by atoms with E-state index in [9.17, 15) is 14.0 Å². The van der Waals surface area contributed by atoms with Crippen molar-refractivity contribution in [2.75, 3.05) is 18.4 Å². The molecule has 1 N–H and O–H groups in total. The number of hydrogen-bond acceptors (Lipinski definition) is 2. The first-order chi connectivity index (χ1) is 10.0. The van der Waals surface area contributed by atoms with Crippen molar-refractivity contribution in [1.82, 2.24) is 4.90 Å². The van der Waals surface area contributed by atoms with E-state index in [1.807, 2.05) is 11.8 Å². The Morgan fingerprint density at radius 1 is 1.48 bits per heavy atom. The summed E-state index contributed by atoms with van der Waals surface area (Å²) in [6.07, 6.45) is 2.22. The number of nitrogens with one attached hydrogen (secondary N) is 1. The molecule has 1 aliphatic carbocycles. The lowest BCUT2D eigenvalue weighted by Crippen LogP contribution is -2.29. The lowest BCUT2D eigenvalue weighted by Gasteiger charge is -2.15. The molecule has 1 saturated heterocycles. The number of carbonyl (C=O) groups is 2. The molecule has 0 bridgehead atoms. The van der Waals surface area contributed by atoms with Gasteiger partial charge in [-0.15, -0.1) is 0 Å². The van der Waals surface area contributed by atoms with Crippen LogP contribution in [0, 0.1) is 17.2 Å². The van der Waals surface area contributed by atoms with E-state index in [2.05, 4.69) is 5.32 Å². The molecule has 1 spiro atoms. The van der Waals surface area contributed by atoms with E-state index in [1.54, 1.807) is 12.1 Å². The van der Waals surface area contributed by atoms with E-state index in [1.165, 1.54) is 12.1 Å². The Kier molecular flexibility index (Phi) is 3.43. The van der Waals surface area contributed by atoms with E-state index in [-0.39, 0.29) is 29.0 Å². The second-order valence-electron chi connectivity index (χ2n) is 6.04. The smallest absolute Gasteiger partial charge is 0.228 e. The van der Waals surface area contributed by atoms with Crippen LogP contribution in [0.2, 0.25) is 0 Å². The van der Waals surface area contributed by atoms with Gasteiger partial charge in [0.25, 0.3) is 0 Å². The summed E-state index contributed by atoms with van der Waals surface area (Å²) in [6, 6.07) is 5.91. The third kappa shape index (κ3) is 2.64. The maximum atomic E-state index is 13.1. The van der Waals surface area contributed by atoms with Crippen LogP contribution in [0.1, 0.15) is 26.2 Å². The van der Waals surface area contributed by atoms with Crippen LogP contribution < -0.4 is 5.32 Å². The standard InChI is InChI=1S/C16H19FN2O2/c1-2-14(20)19-7-6-16(10-19)9-13(16)15(21)18-12-5-3-4-11(17)8-12/h3-5,8,13H,2,6-7,9-10H2,1H3,(H,18,21)/t13-,16-/m0/s1. The van der Waals surface area contributed by atoms with Gasteiger partial charge in [0.15, 0.2) is 0 Å². The maximum Gasteiger partial charge on any atom is 0.228 e. The molecule has 2 fully saturated rings. The third-order valence-corrected chi connectivity index (χ3v) is 4.64. The van der Waals surface area contributed by atoms with Crippen LogP contribution in [0.5, 0.6) is 0 Å². The molecule has 1 saturated carbocycles. The highest BCUT2D eigenvalue weighted by Gasteiger charge is 2.61. The number of benzene rings is 1. The van der Waals surface area contributed by atoms with E-state index in [4.69, 9.17) is 0 Å². The summed E-state index contributed by atoms with van der Waals surface area (Å²) in [7, 11) is 0. The van der Waals surface area contributed by atoms with Gasteiger partial charge >= 0.3 is 0 Å². The highest BCUT2D eigenvalue weighted by Crippen LogP contribution is 2.58. The molecule has 0 unspecified atom stereocenters. The van der Waals surface area contributed by atoms with Crippen molar-refractivity contribution >= 4 is 17.5 Å². The highest BCUT2D eigenvalue weighted by molar-refractivity contribution is 5.95. The van der Waals surface area contributed by atoms with Gasteiger partial charge in [0.1, 0.15) is 5.82 Å². The van der Waals surface area contributed by atoms with Crippen molar-refractivity contribution in [2.24, 2.45) is 11.3 Å². The van der Waals surface area contributed by atoms with Gasteiger partial charge in [0.2, 0.25) is 11.8 Å². The molecular weight excluding hydrogens is 271 g/mol. The summed E-state index contributed by atoms with van der Waals surface area (Å²) >= 11 is 0. The second-order valence-corrected chi connectivity index (χ2v) is 6.04. The van der Waals surface area contributed by atoms with Crippen LogP contribution >= 0.6 is 0 Å². The normalized spacial score (nSPS) is 27.0. The molecule has 1 aliphatic heterocycles. The molecule has 0 aromatic heterocycles. The molecule has 112 valence electrons. The van der Waals surface area contributed by atoms with Crippen LogP contribution in [0.4, 0.5) is 10.1 Å². The van der Waals surface area contributed by atoms with Crippen LogP contribution in [0.15, 0.2) is 24.3 Å². The number of rotatable bonds is 3. The van der Waals surface area contributed by atoms with E-state index in [0.29, 0.717) is 18.7 Å². The topological polar surface area (TPSA) is 49.4 Å². The number of nitrogens with zero attached hydrogens (tertiary/aromatic N) is 1. The van der Waals surface area contributed by atoms with Crippen LogP contribution in [-0.4, -0.2) is 29.8 Å². The Hall–Kier alpha value is -1.91. The Balaban J connectivity index is 1.60. The summed E-state index contributed by atoms with van der Waals surface area (Å²) < 4.78 is 13.1. The fourth-order valence-electron chi connectivity index (χ4n) is 3.30. The minimum Gasteiger partial charge on any atom is -0.342 e. The van der Waals surface area contributed by atoms with Crippen molar-refractivity contribution in [3.63, 3.8) is 0 Å². The molecule has 2 amide bonds.